The van der Waals surface area contributed by atoms with Gasteiger partial charge in [0.05, 0.1) is 5.88 Å². The Morgan fingerprint density at radius 2 is 2.20 bits per heavy atom. The predicted molar refractivity (Wildman–Crippen MR) is 63.9 cm³/mol. The molecule has 2 N–H and O–H groups in total. The van der Waals surface area contributed by atoms with E-state index in [2.05, 4.69) is 6.92 Å². The standard InChI is InChI=1S/C9H14ClNO2S2/c1-2-3-4-7-6-14-8(5-10)9(7)15(11,12)13/h6H,2-5H2,1H3,(H2,11,12,13). The summed E-state index contributed by atoms with van der Waals surface area (Å²) in [4.78, 5) is 0.890. The van der Waals surface area contributed by atoms with Crippen molar-refractivity contribution in [2.24, 2.45) is 5.14 Å². The number of hydrogen-bond donors (Lipinski definition) is 1. The lowest BCUT2D eigenvalue weighted by Gasteiger charge is -2.02. The Balaban J connectivity index is 3.12. The molecular weight excluding hydrogens is 254 g/mol. The zero-order valence-electron chi connectivity index (χ0n) is 8.49. The van der Waals surface area contributed by atoms with E-state index >= 15 is 0 Å². The topological polar surface area (TPSA) is 60.2 Å². The first-order valence-corrected chi connectivity index (χ1v) is 7.64. The third kappa shape index (κ3) is 3.17. The number of aryl methyl sites for hydroxylation is 1. The summed E-state index contributed by atoms with van der Waals surface area (Å²) in [5.74, 6) is 0.197. The highest BCUT2D eigenvalue weighted by molar-refractivity contribution is 7.89. The zero-order chi connectivity index (χ0) is 11.5. The average Bonchev–Trinajstić information content (AvgIpc) is 2.56. The monoisotopic (exact) mass is 267 g/mol. The molecule has 1 aromatic rings. The molecule has 0 radical (unpaired) electrons. The Morgan fingerprint density at radius 1 is 1.53 bits per heavy atom. The molecule has 3 nitrogen and oxygen atoms in total. The molecule has 6 heteroatoms. The van der Waals surface area contributed by atoms with Crippen molar-refractivity contribution in [3.8, 4) is 0 Å². The number of alkyl halides is 1. The molecule has 0 aliphatic carbocycles. The van der Waals surface area contributed by atoms with Crippen molar-refractivity contribution in [1.29, 1.82) is 0 Å². The van der Waals surface area contributed by atoms with Gasteiger partial charge in [0.1, 0.15) is 4.90 Å². The van der Waals surface area contributed by atoms with Gasteiger partial charge in [0.25, 0.3) is 0 Å². The maximum Gasteiger partial charge on any atom is 0.239 e. The van der Waals surface area contributed by atoms with E-state index in [1.165, 1.54) is 11.3 Å². The molecule has 0 fully saturated rings. The smallest absolute Gasteiger partial charge is 0.225 e. The Kier molecular flexibility index (Phi) is 4.58. The summed E-state index contributed by atoms with van der Waals surface area (Å²) in [5.41, 5.74) is 0.806. The van der Waals surface area contributed by atoms with Crippen LogP contribution in [0.2, 0.25) is 0 Å². The first-order valence-electron chi connectivity index (χ1n) is 4.68. The molecule has 0 amide bonds. The van der Waals surface area contributed by atoms with Crippen molar-refractivity contribution >= 4 is 33.0 Å². The van der Waals surface area contributed by atoms with E-state index in [1.807, 2.05) is 5.38 Å². The Morgan fingerprint density at radius 3 is 2.67 bits per heavy atom. The van der Waals surface area contributed by atoms with E-state index in [9.17, 15) is 8.42 Å². The number of halogens is 1. The molecule has 86 valence electrons. The van der Waals surface area contributed by atoms with Crippen LogP contribution in [0, 0.1) is 0 Å². The summed E-state index contributed by atoms with van der Waals surface area (Å²) in [6.45, 7) is 2.06. The molecule has 0 unspecified atom stereocenters. The highest BCUT2D eigenvalue weighted by Crippen LogP contribution is 2.29. The van der Waals surface area contributed by atoms with Gasteiger partial charge in [-0.25, -0.2) is 13.6 Å². The number of nitrogens with two attached hydrogens (primary N) is 1. The van der Waals surface area contributed by atoms with E-state index in [0.717, 1.165) is 24.8 Å². The van der Waals surface area contributed by atoms with Gasteiger partial charge in [0, 0.05) is 4.88 Å². The van der Waals surface area contributed by atoms with Gasteiger partial charge >= 0.3 is 0 Å². The van der Waals surface area contributed by atoms with Crippen LogP contribution in [-0.2, 0) is 22.3 Å². The molecule has 1 aromatic heterocycles. The maximum absolute atomic E-state index is 11.4. The SMILES string of the molecule is CCCCc1csc(CCl)c1S(N)(=O)=O. The summed E-state index contributed by atoms with van der Waals surface area (Å²) in [7, 11) is -3.64. The highest BCUT2D eigenvalue weighted by Gasteiger charge is 2.20. The van der Waals surface area contributed by atoms with Crippen LogP contribution in [0.5, 0.6) is 0 Å². The van der Waals surface area contributed by atoms with Crippen LogP contribution in [-0.4, -0.2) is 8.42 Å². The molecule has 0 bridgehead atoms. The quantitative estimate of drug-likeness (QED) is 0.833. The molecule has 0 saturated heterocycles. The molecule has 0 aromatic carbocycles. The van der Waals surface area contributed by atoms with Crippen LogP contribution in [0.3, 0.4) is 0 Å². The van der Waals surface area contributed by atoms with E-state index in [0.29, 0.717) is 4.88 Å². The first-order chi connectivity index (χ1) is 7.00. The van der Waals surface area contributed by atoms with Crippen molar-refractivity contribution in [2.75, 3.05) is 0 Å². The minimum atomic E-state index is -3.64. The van der Waals surface area contributed by atoms with Gasteiger partial charge in [0.15, 0.2) is 0 Å². The second kappa shape index (κ2) is 5.30. The van der Waals surface area contributed by atoms with Crippen LogP contribution in [0.1, 0.15) is 30.2 Å². The largest absolute Gasteiger partial charge is 0.239 e. The lowest BCUT2D eigenvalue weighted by molar-refractivity contribution is 0.596. The molecule has 1 rings (SSSR count). The number of unbranched alkanes of at least 4 members (excludes halogenated alkanes) is 1. The summed E-state index contributed by atoms with van der Waals surface area (Å²) in [6, 6.07) is 0. The molecule has 0 saturated carbocycles. The van der Waals surface area contributed by atoms with Gasteiger partial charge in [-0.2, -0.15) is 0 Å². The maximum atomic E-state index is 11.4. The van der Waals surface area contributed by atoms with E-state index in [1.54, 1.807) is 0 Å². The first kappa shape index (κ1) is 13.0. The highest BCUT2D eigenvalue weighted by atomic mass is 35.5. The summed E-state index contributed by atoms with van der Waals surface area (Å²) in [5, 5.41) is 7.01. The van der Waals surface area contributed by atoms with Crippen LogP contribution in [0.4, 0.5) is 0 Å². The van der Waals surface area contributed by atoms with Gasteiger partial charge in [-0.1, -0.05) is 13.3 Å². The van der Waals surface area contributed by atoms with Crippen molar-refractivity contribution in [2.45, 2.75) is 37.0 Å². The van der Waals surface area contributed by atoms with Crippen LogP contribution in [0.25, 0.3) is 0 Å². The van der Waals surface area contributed by atoms with Gasteiger partial charge < -0.3 is 0 Å². The van der Waals surface area contributed by atoms with Gasteiger partial charge in [0.2, 0.25) is 10.0 Å². The van der Waals surface area contributed by atoms with Crippen LogP contribution >= 0.6 is 22.9 Å². The fourth-order valence-corrected chi connectivity index (χ4v) is 4.11. The third-order valence-corrected chi connectivity index (χ3v) is 4.76. The van der Waals surface area contributed by atoms with Crippen molar-refractivity contribution in [1.82, 2.24) is 0 Å². The van der Waals surface area contributed by atoms with Gasteiger partial charge in [-0.3, -0.25) is 0 Å². The summed E-state index contributed by atoms with van der Waals surface area (Å²) in [6.07, 6.45) is 2.73. The second-order valence-corrected chi connectivity index (χ2v) is 6.03. The minimum absolute atomic E-state index is 0.197. The van der Waals surface area contributed by atoms with Crippen molar-refractivity contribution in [3.63, 3.8) is 0 Å². The molecule has 0 aliphatic rings. The second-order valence-electron chi connectivity index (χ2n) is 3.30. The summed E-state index contributed by atoms with van der Waals surface area (Å²) < 4.78 is 22.8. The molecule has 15 heavy (non-hydrogen) atoms. The molecule has 0 atom stereocenters. The fourth-order valence-electron chi connectivity index (χ4n) is 1.40. The lowest BCUT2D eigenvalue weighted by atomic mass is 10.1. The zero-order valence-corrected chi connectivity index (χ0v) is 10.9. The number of primary sulfonamides is 1. The minimum Gasteiger partial charge on any atom is -0.225 e. The fraction of sp³-hybridized carbons (Fsp3) is 0.556. The third-order valence-electron chi connectivity index (χ3n) is 2.09. The van der Waals surface area contributed by atoms with E-state index < -0.39 is 10.0 Å². The average molecular weight is 268 g/mol. The number of hydrogen-bond acceptors (Lipinski definition) is 3. The molecular formula is C9H14ClNO2S2. The van der Waals surface area contributed by atoms with Crippen LogP contribution in [0.15, 0.2) is 10.3 Å². The van der Waals surface area contributed by atoms with Gasteiger partial charge in [-0.05, 0) is 23.8 Å². The number of thiophene rings is 1. The van der Waals surface area contributed by atoms with E-state index in [-0.39, 0.29) is 10.8 Å². The number of sulfonamides is 1. The predicted octanol–water partition coefficient (Wildman–Crippen LogP) is 2.48. The van der Waals surface area contributed by atoms with Gasteiger partial charge in [-0.15, -0.1) is 22.9 Å². The Labute approximate surface area is 99.3 Å². The Bertz CT molecular complexity index is 425. The summed E-state index contributed by atoms with van der Waals surface area (Å²) >= 11 is 7.04. The van der Waals surface area contributed by atoms with Crippen LogP contribution < -0.4 is 5.14 Å². The molecule has 0 aliphatic heterocycles. The van der Waals surface area contributed by atoms with Crippen molar-refractivity contribution < 1.29 is 8.42 Å². The van der Waals surface area contributed by atoms with Crippen molar-refractivity contribution in [3.05, 3.63) is 15.8 Å². The number of rotatable bonds is 5. The van der Waals surface area contributed by atoms with E-state index in [4.69, 9.17) is 16.7 Å². The molecule has 0 spiro atoms. The Hall–Kier alpha value is -0.100. The normalized spacial score (nSPS) is 11.9. The molecule has 1 heterocycles. The lowest BCUT2D eigenvalue weighted by Crippen LogP contribution is -2.14.